The zero-order valence-corrected chi connectivity index (χ0v) is 19.9. The molecule has 0 radical (unpaired) electrons. The maximum Gasteiger partial charge on any atom is 0.258 e. The molecule has 0 aliphatic carbocycles. The molecule has 4 aromatic carbocycles. The van der Waals surface area contributed by atoms with Gasteiger partial charge in [-0.05, 0) is 41.0 Å². The van der Waals surface area contributed by atoms with E-state index in [1.165, 1.54) is 0 Å². The summed E-state index contributed by atoms with van der Waals surface area (Å²) in [5, 5.41) is 3.35. The Morgan fingerprint density at radius 1 is 0.697 bits per heavy atom. The fourth-order valence-corrected chi connectivity index (χ4v) is 4.32. The minimum atomic E-state index is -0.621. The van der Waals surface area contributed by atoms with Gasteiger partial charge in [0.15, 0.2) is 6.61 Å². The fourth-order valence-electron chi connectivity index (χ4n) is 4.06. The third kappa shape index (κ3) is 6.33. The average Bonchev–Trinajstić information content (AvgIpc) is 2.85. The number of benzene rings is 4. The van der Waals surface area contributed by atoms with E-state index in [0.717, 1.165) is 21.2 Å². The second-order valence-corrected chi connectivity index (χ2v) is 8.98. The van der Waals surface area contributed by atoms with Crippen LogP contribution in [0.2, 0.25) is 0 Å². The molecule has 0 fully saturated rings. The number of ether oxygens (including phenoxy) is 1. The van der Waals surface area contributed by atoms with E-state index in [1.807, 2.05) is 78.9 Å². The van der Waals surface area contributed by atoms with Crippen molar-refractivity contribution in [3.63, 3.8) is 0 Å². The number of amides is 1. The maximum atomic E-state index is 13.2. The summed E-state index contributed by atoms with van der Waals surface area (Å²) >= 11 is 3.42. The van der Waals surface area contributed by atoms with Gasteiger partial charge in [-0.15, -0.1) is 0 Å². The van der Waals surface area contributed by atoms with Crippen molar-refractivity contribution in [2.75, 3.05) is 6.61 Å². The number of rotatable bonds is 9. The molecular weight excluding hydrogens is 474 g/mol. The molecular formula is C29H26BrNO2. The van der Waals surface area contributed by atoms with Crippen LogP contribution in [0.5, 0.6) is 5.75 Å². The lowest BCUT2D eigenvalue weighted by atomic mass is 9.78. The van der Waals surface area contributed by atoms with Crippen LogP contribution in [-0.4, -0.2) is 12.5 Å². The van der Waals surface area contributed by atoms with E-state index < -0.39 is 5.54 Å². The highest BCUT2D eigenvalue weighted by Crippen LogP contribution is 2.30. The van der Waals surface area contributed by atoms with Gasteiger partial charge in [0.25, 0.3) is 5.91 Å². The summed E-state index contributed by atoms with van der Waals surface area (Å²) in [6.07, 6.45) is 1.33. The van der Waals surface area contributed by atoms with Gasteiger partial charge in [-0.2, -0.15) is 0 Å². The lowest BCUT2D eigenvalue weighted by Crippen LogP contribution is -2.50. The van der Waals surface area contributed by atoms with E-state index in [-0.39, 0.29) is 12.5 Å². The standard InChI is InChI=1S/C29H26BrNO2/c30-26-16-18-27(19-17-26)33-22-28(32)31-29(25-14-8-3-9-15-25,20-23-10-4-1-5-11-23)21-24-12-6-2-7-13-24/h1-19H,20-22H2,(H,31,32). The quantitative estimate of drug-likeness (QED) is 0.292. The van der Waals surface area contributed by atoms with E-state index in [4.69, 9.17) is 4.74 Å². The Balaban J connectivity index is 1.64. The number of nitrogens with one attached hydrogen (secondary N) is 1. The molecule has 4 heteroatoms. The Kier molecular flexibility index (Phi) is 7.59. The lowest BCUT2D eigenvalue weighted by molar-refractivity contribution is -0.125. The van der Waals surface area contributed by atoms with Crippen LogP contribution in [-0.2, 0) is 23.2 Å². The topological polar surface area (TPSA) is 38.3 Å². The number of carbonyl (C=O) groups excluding carboxylic acids is 1. The summed E-state index contributed by atoms with van der Waals surface area (Å²) in [5.74, 6) is 0.499. The highest BCUT2D eigenvalue weighted by atomic mass is 79.9. The summed E-state index contributed by atoms with van der Waals surface area (Å²) in [6.45, 7) is -0.0558. The number of carbonyl (C=O) groups is 1. The third-order valence-corrected chi connectivity index (χ3v) is 6.11. The zero-order chi connectivity index (χ0) is 22.9. The molecule has 4 rings (SSSR count). The van der Waals surface area contributed by atoms with Crippen LogP contribution in [0.4, 0.5) is 0 Å². The van der Waals surface area contributed by atoms with Gasteiger partial charge >= 0.3 is 0 Å². The molecule has 3 nitrogen and oxygen atoms in total. The van der Waals surface area contributed by atoms with Crippen molar-refractivity contribution >= 4 is 21.8 Å². The number of hydrogen-bond donors (Lipinski definition) is 1. The van der Waals surface area contributed by atoms with Gasteiger partial charge in [0.1, 0.15) is 5.75 Å². The zero-order valence-electron chi connectivity index (χ0n) is 18.3. The Morgan fingerprint density at radius 3 is 1.70 bits per heavy atom. The summed E-state index contributed by atoms with van der Waals surface area (Å²) in [7, 11) is 0. The molecule has 1 amide bonds. The summed E-state index contributed by atoms with van der Waals surface area (Å²) in [4.78, 5) is 13.2. The van der Waals surface area contributed by atoms with Crippen LogP contribution in [0, 0.1) is 0 Å². The monoisotopic (exact) mass is 499 g/mol. The van der Waals surface area contributed by atoms with Gasteiger partial charge < -0.3 is 10.1 Å². The van der Waals surface area contributed by atoms with Crippen LogP contribution < -0.4 is 10.1 Å². The molecule has 166 valence electrons. The average molecular weight is 500 g/mol. The van der Waals surface area contributed by atoms with Crippen molar-refractivity contribution in [3.8, 4) is 5.75 Å². The third-order valence-electron chi connectivity index (χ3n) is 5.59. The van der Waals surface area contributed by atoms with Gasteiger partial charge in [0, 0.05) is 17.3 Å². The fraction of sp³-hybridized carbons (Fsp3) is 0.138. The van der Waals surface area contributed by atoms with Crippen molar-refractivity contribution in [3.05, 3.63) is 136 Å². The van der Waals surface area contributed by atoms with Gasteiger partial charge in [0.05, 0.1) is 5.54 Å². The molecule has 4 aromatic rings. The van der Waals surface area contributed by atoms with Crippen LogP contribution in [0.25, 0.3) is 0 Å². The van der Waals surface area contributed by atoms with Crippen LogP contribution in [0.1, 0.15) is 16.7 Å². The molecule has 0 bridgehead atoms. The van der Waals surface area contributed by atoms with Gasteiger partial charge in [-0.3, -0.25) is 4.79 Å². The first-order valence-electron chi connectivity index (χ1n) is 11.0. The molecule has 0 aliphatic rings. The molecule has 0 aromatic heterocycles. The second kappa shape index (κ2) is 11.0. The SMILES string of the molecule is O=C(COc1ccc(Br)cc1)NC(Cc1ccccc1)(Cc1ccccc1)c1ccccc1. The van der Waals surface area contributed by atoms with E-state index in [1.54, 1.807) is 0 Å². The summed E-state index contributed by atoms with van der Waals surface area (Å²) in [5.41, 5.74) is 2.76. The predicted molar refractivity (Wildman–Crippen MR) is 136 cm³/mol. The molecule has 0 saturated heterocycles. The lowest BCUT2D eigenvalue weighted by Gasteiger charge is -2.36. The Morgan fingerprint density at radius 2 is 1.18 bits per heavy atom. The molecule has 1 N–H and O–H groups in total. The van der Waals surface area contributed by atoms with Crippen LogP contribution in [0.3, 0.4) is 0 Å². The summed E-state index contributed by atoms with van der Waals surface area (Å²) in [6, 6.07) is 38.3. The molecule has 0 atom stereocenters. The Hall–Kier alpha value is -3.37. The van der Waals surface area contributed by atoms with E-state index in [2.05, 4.69) is 57.6 Å². The van der Waals surface area contributed by atoms with Gasteiger partial charge in [-0.25, -0.2) is 0 Å². The molecule has 33 heavy (non-hydrogen) atoms. The molecule has 0 saturated carbocycles. The Bertz CT molecular complexity index is 1110. The van der Waals surface area contributed by atoms with Crippen molar-refractivity contribution in [1.82, 2.24) is 5.32 Å². The van der Waals surface area contributed by atoms with E-state index in [0.29, 0.717) is 18.6 Å². The van der Waals surface area contributed by atoms with Crippen molar-refractivity contribution in [2.24, 2.45) is 0 Å². The Labute approximate surface area is 203 Å². The number of halogens is 1. The first-order chi connectivity index (χ1) is 16.1. The first-order valence-corrected chi connectivity index (χ1v) is 11.8. The maximum absolute atomic E-state index is 13.2. The highest BCUT2D eigenvalue weighted by Gasteiger charge is 2.34. The summed E-state index contributed by atoms with van der Waals surface area (Å²) < 4.78 is 6.74. The smallest absolute Gasteiger partial charge is 0.258 e. The molecule has 0 aliphatic heterocycles. The molecule has 0 unspecified atom stereocenters. The van der Waals surface area contributed by atoms with Crippen molar-refractivity contribution in [2.45, 2.75) is 18.4 Å². The van der Waals surface area contributed by atoms with E-state index >= 15 is 0 Å². The van der Waals surface area contributed by atoms with Crippen LogP contribution >= 0.6 is 15.9 Å². The van der Waals surface area contributed by atoms with E-state index in [9.17, 15) is 4.79 Å². The molecule has 0 heterocycles. The molecule has 0 spiro atoms. The second-order valence-electron chi connectivity index (χ2n) is 8.06. The highest BCUT2D eigenvalue weighted by molar-refractivity contribution is 9.10. The predicted octanol–water partition coefficient (Wildman–Crippen LogP) is 6.33. The minimum Gasteiger partial charge on any atom is -0.484 e. The number of hydrogen-bond acceptors (Lipinski definition) is 2. The van der Waals surface area contributed by atoms with Crippen molar-refractivity contribution < 1.29 is 9.53 Å². The minimum absolute atomic E-state index is 0.0558. The van der Waals surface area contributed by atoms with Crippen molar-refractivity contribution in [1.29, 1.82) is 0 Å². The van der Waals surface area contributed by atoms with Gasteiger partial charge in [0.2, 0.25) is 0 Å². The first kappa shape index (κ1) is 22.8. The van der Waals surface area contributed by atoms with Gasteiger partial charge in [-0.1, -0.05) is 107 Å². The normalized spacial score (nSPS) is 11.1. The van der Waals surface area contributed by atoms with Crippen LogP contribution in [0.15, 0.2) is 120 Å². The largest absolute Gasteiger partial charge is 0.484 e.